The number of aromatic nitrogens is 1. The van der Waals surface area contributed by atoms with Crippen LogP contribution in [-0.2, 0) is 11.2 Å². The highest BCUT2D eigenvalue weighted by Gasteiger charge is 2.63. The number of alkyl halides is 3. The van der Waals surface area contributed by atoms with E-state index in [0.717, 1.165) is 0 Å². The van der Waals surface area contributed by atoms with Crippen LogP contribution >= 0.6 is 0 Å². The molecule has 0 radical (unpaired) electrons. The molecule has 1 aromatic carbocycles. The Labute approximate surface area is 164 Å². The standard InChI is InChI=1S/C19H18F3N3O4/c1-28-15-6-5-12(8-16(15)29-2)9-17(26)25-18(27,19(20,21)22)10-14(24-25)13-4-3-7-23-11-13/h3-8,11,27H,9-10H2,1-2H3/t18-/m1/s1. The number of ether oxygens (including phenoxy) is 2. The van der Waals surface area contributed by atoms with Gasteiger partial charge >= 0.3 is 6.18 Å². The zero-order valence-electron chi connectivity index (χ0n) is 15.6. The average Bonchev–Trinajstić information content (AvgIpc) is 3.07. The molecule has 0 aliphatic carbocycles. The van der Waals surface area contributed by atoms with Gasteiger partial charge in [0.15, 0.2) is 11.5 Å². The van der Waals surface area contributed by atoms with Gasteiger partial charge in [-0.1, -0.05) is 12.1 Å². The molecule has 2 aromatic rings. The molecule has 1 atom stereocenters. The molecule has 1 aliphatic heterocycles. The van der Waals surface area contributed by atoms with Crippen molar-refractivity contribution in [2.45, 2.75) is 24.7 Å². The van der Waals surface area contributed by atoms with Gasteiger partial charge in [0.2, 0.25) is 5.91 Å². The SMILES string of the molecule is COc1ccc(CC(=O)N2N=C(c3cccnc3)C[C@@]2(O)C(F)(F)F)cc1OC. The molecule has 3 rings (SSSR count). The predicted molar refractivity (Wildman–Crippen MR) is 96.5 cm³/mol. The molecular formula is C19H18F3N3O4. The fourth-order valence-corrected chi connectivity index (χ4v) is 2.96. The number of pyridine rings is 1. The molecule has 154 valence electrons. The second kappa shape index (κ2) is 7.70. The van der Waals surface area contributed by atoms with E-state index in [1.54, 1.807) is 0 Å². The van der Waals surface area contributed by atoms with E-state index in [1.165, 1.54) is 56.9 Å². The number of hydrazone groups is 1. The lowest BCUT2D eigenvalue weighted by atomic mass is 10.0. The van der Waals surface area contributed by atoms with Gasteiger partial charge in [0.25, 0.3) is 5.72 Å². The molecule has 29 heavy (non-hydrogen) atoms. The first-order valence-corrected chi connectivity index (χ1v) is 8.50. The summed E-state index contributed by atoms with van der Waals surface area (Å²) < 4.78 is 51.1. The quantitative estimate of drug-likeness (QED) is 0.821. The molecule has 0 spiro atoms. The maximum Gasteiger partial charge on any atom is 0.438 e. The first-order chi connectivity index (χ1) is 13.7. The smallest absolute Gasteiger partial charge is 0.438 e. The third-order valence-electron chi connectivity index (χ3n) is 4.47. The van der Waals surface area contributed by atoms with E-state index in [2.05, 4.69) is 10.1 Å². The molecule has 2 heterocycles. The van der Waals surface area contributed by atoms with Crippen LogP contribution in [0, 0.1) is 0 Å². The fraction of sp³-hybridized carbons (Fsp3) is 0.316. The summed E-state index contributed by atoms with van der Waals surface area (Å²) >= 11 is 0. The van der Waals surface area contributed by atoms with E-state index in [1.807, 2.05) is 0 Å². The summed E-state index contributed by atoms with van der Waals surface area (Å²) in [6.45, 7) is 0. The van der Waals surface area contributed by atoms with Crippen LogP contribution in [0.2, 0.25) is 0 Å². The first-order valence-electron chi connectivity index (χ1n) is 8.50. The number of aliphatic hydroxyl groups is 1. The largest absolute Gasteiger partial charge is 0.493 e. The van der Waals surface area contributed by atoms with E-state index < -0.39 is 30.7 Å². The van der Waals surface area contributed by atoms with Crippen molar-refractivity contribution in [1.82, 2.24) is 9.99 Å². The van der Waals surface area contributed by atoms with Crippen molar-refractivity contribution >= 4 is 11.6 Å². The van der Waals surface area contributed by atoms with Crippen molar-refractivity contribution < 1.29 is 32.5 Å². The van der Waals surface area contributed by atoms with E-state index in [-0.39, 0.29) is 16.3 Å². The van der Waals surface area contributed by atoms with Gasteiger partial charge in [-0.15, -0.1) is 0 Å². The number of halogens is 3. The normalized spacial score (nSPS) is 19.1. The van der Waals surface area contributed by atoms with Crippen LogP contribution in [0.4, 0.5) is 13.2 Å². The molecule has 1 amide bonds. The van der Waals surface area contributed by atoms with Crippen LogP contribution in [0.25, 0.3) is 0 Å². The number of benzene rings is 1. The van der Waals surface area contributed by atoms with Gasteiger partial charge in [-0.25, -0.2) is 0 Å². The van der Waals surface area contributed by atoms with Gasteiger partial charge in [-0.05, 0) is 23.8 Å². The Bertz CT molecular complexity index is 934. The van der Waals surface area contributed by atoms with Crippen LogP contribution in [0.3, 0.4) is 0 Å². The molecule has 1 aliphatic rings. The molecule has 7 nitrogen and oxygen atoms in total. The van der Waals surface area contributed by atoms with E-state index in [9.17, 15) is 23.1 Å². The Morgan fingerprint density at radius 3 is 2.55 bits per heavy atom. The van der Waals surface area contributed by atoms with Crippen LogP contribution in [0.15, 0.2) is 47.8 Å². The summed E-state index contributed by atoms with van der Waals surface area (Å²) in [5.41, 5.74) is -2.86. The zero-order chi connectivity index (χ0) is 21.2. The van der Waals surface area contributed by atoms with Crippen molar-refractivity contribution in [3.8, 4) is 11.5 Å². The Kier molecular flexibility index (Phi) is 5.47. The number of rotatable bonds is 5. The minimum Gasteiger partial charge on any atom is -0.493 e. The highest BCUT2D eigenvalue weighted by molar-refractivity contribution is 6.03. The lowest BCUT2D eigenvalue weighted by Gasteiger charge is -2.32. The molecule has 0 bridgehead atoms. The predicted octanol–water partition coefficient (Wildman–Crippen LogP) is 2.53. The van der Waals surface area contributed by atoms with Crippen molar-refractivity contribution in [2.24, 2.45) is 5.10 Å². The summed E-state index contributed by atoms with van der Waals surface area (Å²) in [6.07, 6.45) is -3.65. The topological polar surface area (TPSA) is 84.2 Å². The second-order valence-corrected chi connectivity index (χ2v) is 6.35. The third kappa shape index (κ3) is 3.88. The number of hydrogen-bond donors (Lipinski definition) is 1. The number of hydrogen-bond acceptors (Lipinski definition) is 6. The average molecular weight is 409 g/mol. The first kappa shape index (κ1) is 20.6. The molecule has 0 fully saturated rings. The maximum atomic E-state index is 13.6. The molecule has 1 aromatic heterocycles. The number of carbonyl (C=O) groups excluding carboxylic acids is 1. The monoisotopic (exact) mass is 409 g/mol. The minimum atomic E-state index is -5.10. The summed E-state index contributed by atoms with van der Waals surface area (Å²) in [4.78, 5) is 16.5. The van der Waals surface area contributed by atoms with Crippen molar-refractivity contribution in [1.29, 1.82) is 0 Å². The summed E-state index contributed by atoms with van der Waals surface area (Å²) in [5.74, 6) is -0.283. The van der Waals surface area contributed by atoms with E-state index >= 15 is 0 Å². The summed E-state index contributed by atoms with van der Waals surface area (Å²) in [5, 5.41) is 14.2. The van der Waals surface area contributed by atoms with Crippen molar-refractivity contribution in [3.63, 3.8) is 0 Å². The second-order valence-electron chi connectivity index (χ2n) is 6.35. The van der Waals surface area contributed by atoms with Gasteiger partial charge < -0.3 is 14.6 Å². The van der Waals surface area contributed by atoms with Gasteiger partial charge in [-0.2, -0.15) is 23.3 Å². The number of amides is 1. The molecule has 0 saturated heterocycles. The zero-order valence-corrected chi connectivity index (χ0v) is 15.6. The molecule has 10 heteroatoms. The molecular weight excluding hydrogens is 391 g/mol. The minimum absolute atomic E-state index is 0.0846. The molecule has 0 unspecified atom stereocenters. The highest BCUT2D eigenvalue weighted by atomic mass is 19.4. The van der Waals surface area contributed by atoms with E-state index in [0.29, 0.717) is 17.1 Å². The lowest BCUT2D eigenvalue weighted by Crippen LogP contribution is -2.57. The van der Waals surface area contributed by atoms with Crippen molar-refractivity contribution in [2.75, 3.05) is 14.2 Å². The lowest BCUT2D eigenvalue weighted by molar-refractivity contribution is -0.302. The highest BCUT2D eigenvalue weighted by Crippen LogP contribution is 2.41. The van der Waals surface area contributed by atoms with Gasteiger partial charge in [0.1, 0.15) is 0 Å². The van der Waals surface area contributed by atoms with Crippen molar-refractivity contribution in [3.05, 3.63) is 53.9 Å². The van der Waals surface area contributed by atoms with Crippen LogP contribution in [-0.4, -0.2) is 52.8 Å². The number of methoxy groups -OCH3 is 2. The fourth-order valence-electron chi connectivity index (χ4n) is 2.96. The van der Waals surface area contributed by atoms with E-state index in [4.69, 9.17) is 9.47 Å². The maximum absolute atomic E-state index is 13.6. The summed E-state index contributed by atoms with van der Waals surface area (Å²) in [7, 11) is 2.84. The Morgan fingerprint density at radius 2 is 1.97 bits per heavy atom. The van der Waals surface area contributed by atoms with Crippen LogP contribution in [0.1, 0.15) is 17.5 Å². The van der Waals surface area contributed by atoms with Gasteiger partial charge in [0.05, 0.1) is 32.8 Å². The van der Waals surface area contributed by atoms with Crippen LogP contribution in [0.5, 0.6) is 11.5 Å². The van der Waals surface area contributed by atoms with Gasteiger partial charge in [-0.3, -0.25) is 9.78 Å². The van der Waals surface area contributed by atoms with Crippen LogP contribution < -0.4 is 9.47 Å². The molecule has 0 saturated carbocycles. The number of carbonyl (C=O) groups is 1. The Morgan fingerprint density at radius 1 is 1.24 bits per heavy atom. The molecule has 1 N–H and O–H groups in total. The number of nitrogens with zero attached hydrogens (tertiary/aromatic N) is 3. The Hall–Kier alpha value is -3.14. The van der Waals surface area contributed by atoms with Gasteiger partial charge in [0, 0.05) is 18.0 Å². The Balaban J connectivity index is 1.92. The summed E-state index contributed by atoms with van der Waals surface area (Å²) in [6, 6.07) is 7.56. The third-order valence-corrected chi connectivity index (χ3v) is 4.47.